The third-order valence-electron chi connectivity index (χ3n) is 1.92. The number of rotatable bonds is 7. The zero-order valence-corrected chi connectivity index (χ0v) is 10.7. The van der Waals surface area contributed by atoms with Gasteiger partial charge in [-0.05, 0) is 22.9 Å². The number of tetrazole rings is 1. The highest BCUT2D eigenvalue weighted by Crippen LogP contribution is 2.13. The highest BCUT2D eigenvalue weighted by molar-refractivity contribution is 7.99. The van der Waals surface area contributed by atoms with Crippen LogP contribution in [0, 0.1) is 5.92 Å². The Morgan fingerprint density at radius 2 is 2.19 bits per heavy atom. The van der Waals surface area contributed by atoms with Crippen molar-refractivity contribution in [1.82, 2.24) is 25.5 Å². The molecule has 0 aliphatic rings. The number of hydrogen-bond donors (Lipinski definition) is 2. The first-order chi connectivity index (χ1) is 7.59. The molecule has 6 nitrogen and oxygen atoms in total. The molecule has 1 rings (SSSR count). The Labute approximate surface area is 99.8 Å². The van der Waals surface area contributed by atoms with Crippen LogP contribution in [0.1, 0.15) is 13.8 Å². The van der Waals surface area contributed by atoms with E-state index in [1.165, 1.54) is 11.8 Å². The number of nitrogens with one attached hydrogen (secondary N) is 1. The molecule has 0 aromatic carbocycles. The lowest BCUT2D eigenvalue weighted by atomic mass is 10.2. The Hall–Kier alpha value is -0.660. The number of aliphatic hydroxyl groups is 1. The van der Waals surface area contributed by atoms with Gasteiger partial charge in [0.25, 0.3) is 0 Å². The third kappa shape index (κ3) is 4.91. The van der Waals surface area contributed by atoms with E-state index in [-0.39, 0.29) is 6.10 Å². The van der Waals surface area contributed by atoms with Crippen molar-refractivity contribution in [3.63, 3.8) is 0 Å². The van der Waals surface area contributed by atoms with Crippen LogP contribution >= 0.6 is 11.8 Å². The van der Waals surface area contributed by atoms with E-state index in [0.29, 0.717) is 18.2 Å². The summed E-state index contributed by atoms with van der Waals surface area (Å²) in [4.78, 5) is 0. The average Bonchev–Trinajstić information content (AvgIpc) is 2.60. The molecule has 0 radical (unpaired) electrons. The average molecular weight is 245 g/mol. The largest absolute Gasteiger partial charge is 0.391 e. The molecule has 2 N–H and O–H groups in total. The summed E-state index contributed by atoms with van der Waals surface area (Å²) in [6.45, 7) is 5.81. The van der Waals surface area contributed by atoms with E-state index >= 15 is 0 Å². The van der Waals surface area contributed by atoms with Gasteiger partial charge in [0.05, 0.1) is 6.10 Å². The second-order valence-electron chi connectivity index (χ2n) is 4.10. The number of aryl methyl sites for hydroxylation is 1. The smallest absolute Gasteiger partial charge is 0.209 e. The van der Waals surface area contributed by atoms with Crippen LogP contribution in [-0.2, 0) is 7.05 Å². The number of hydrogen-bond acceptors (Lipinski definition) is 6. The van der Waals surface area contributed by atoms with Gasteiger partial charge in [-0.25, -0.2) is 4.68 Å². The lowest BCUT2D eigenvalue weighted by Crippen LogP contribution is -2.31. The van der Waals surface area contributed by atoms with Crippen molar-refractivity contribution in [2.24, 2.45) is 13.0 Å². The highest BCUT2D eigenvalue weighted by Gasteiger charge is 2.08. The Kier molecular flexibility index (Phi) is 5.72. The minimum Gasteiger partial charge on any atom is -0.391 e. The molecule has 1 heterocycles. The quantitative estimate of drug-likeness (QED) is 0.654. The lowest BCUT2D eigenvalue weighted by molar-refractivity contribution is 0.194. The fraction of sp³-hybridized carbons (Fsp3) is 0.889. The molecular weight excluding hydrogens is 226 g/mol. The van der Waals surface area contributed by atoms with E-state index in [0.717, 1.165) is 11.7 Å². The number of thioether (sulfide) groups is 1. The number of aliphatic hydroxyl groups excluding tert-OH is 1. The molecule has 16 heavy (non-hydrogen) atoms. The van der Waals surface area contributed by atoms with Crippen LogP contribution in [0.2, 0.25) is 0 Å². The fourth-order valence-corrected chi connectivity index (χ4v) is 1.89. The predicted molar refractivity (Wildman–Crippen MR) is 63.2 cm³/mol. The summed E-state index contributed by atoms with van der Waals surface area (Å²) >= 11 is 1.46. The minimum atomic E-state index is -0.375. The molecule has 0 spiro atoms. The van der Waals surface area contributed by atoms with Gasteiger partial charge in [0.2, 0.25) is 5.16 Å². The van der Waals surface area contributed by atoms with Crippen molar-refractivity contribution >= 4 is 11.8 Å². The van der Waals surface area contributed by atoms with Crippen LogP contribution in [0.5, 0.6) is 0 Å². The van der Waals surface area contributed by atoms with Crippen LogP contribution in [0.3, 0.4) is 0 Å². The van der Waals surface area contributed by atoms with Crippen LogP contribution in [0.15, 0.2) is 5.16 Å². The second kappa shape index (κ2) is 6.82. The Morgan fingerprint density at radius 1 is 1.44 bits per heavy atom. The summed E-state index contributed by atoms with van der Waals surface area (Å²) in [5, 5.41) is 24.7. The van der Waals surface area contributed by atoms with Crippen molar-refractivity contribution in [2.75, 3.05) is 18.8 Å². The van der Waals surface area contributed by atoms with Crippen molar-refractivity contribution in [3.05, 3.63) is 0 Å². The topological polar surface area (TPSA) is 75.9 Å². The van der Waals surface area contributed by atoms with Crippen LogP contribution < -0.4 is 5.32 Å². The maximum atomic E-state index is 9.69. The van der Waals surface area contributed by atoms with Gasteiger partial charge in [-0.3, -0.25) is 0 Å². The van der Waals surface area contributed by atoms with E-state index < -0.39 is 0 Å². The SMILES string of the molecule is CC(C)CNCC(O)CSc1nnnn1C. The van der Waals surface area contributed by atoms with Gasteiger partial charge in [0.15, 0.2) is 0 Å². The molecule has 0 aliphatic carbocycles. The van der Waals surface area contributed by atoms with Gasteiger partial charge in [-0.1, -0.05) is 25.6 Å². The molecule has 0 aliphatic heterocycles. The van der Waals surface area contributed by atoms with Crippen LogP contribution in [0.4, 0.5) is 0 Å². The molecular formula is C9H19N5OS. The maximum Gasteiger partial charge on any atom is 0.209 e. The normalized spacial score (nSPS) is 13.3. The van der Waals surface area contributed by atoms with Crippen LogP contribution in [-0.4, -0.2) is 50.3 Å². The maximum absolute atomic E-state index is 9.69. The molecule has 0 bridgehead atoms. The number of nitrogens with zero attached hydrogens (tertiary/aromatic N) is 4. The zero-order chi connectivity index (χ0) is 12.0. The van der Waals surface area contributed by atoms with E-state index in [1.54, 1.807) is 11.7 Å². The molecule has 1 aromatic rings. The van der Waals surface area contributed by atoms with Gasteiger partial charge in [0.1, 0.15) is 0 Å². The molecule has 92 valence electrons. The minimum absolute atomic E-state index is 0.375. The van der Waals surface area contributed by atoms with Gasteiger partial charge in [-0.15, -0.1) is 5.10 Å². The Balaban J connectivity index is 2.15. The van der Waals surface area contributed by atoms with E-state index in [1.807, 2.05) is 0 Å². The summed E-state index contributed by atoms with van der Waals surface area (Å²) < 4.78 is 1.60. The standard InChI is InChI=1S/C9H19N5OS/c1-7(2)4-10-5-8(15)6-16-9-11-12-13-14(9)3/h7-8,10,15H,4-6H2,1-3H3. The van der Waals surface area contributed by atoms with Crippen molar-refractivity contribution in [3.8, 4) is 0 Å². The predicted octanol–water partition coefficient (Wildman–Crippen LogP) is -0.0913. The first-order valence-electron chi connectivity index (χ1n) is 5.33. The van der Waals surface area contributed by atoms with Gasteiger partial charge < -0.3 is 10.4 Å². The molecule has 1 aromatic heterocycles. The summed E-state index contributed by atoms with van der Waals surface area (Å²) in [5.74, 6) is 1.20. The molecule has 7 heteroatoms. The lowest BCUT2D eigenvalue weighted by Gasteiger charge is -2.12. The molecule has 0 fully saturated rings. The van der Waals surface area contributed by atoms with Crippen LogP contribution in [0.25, 0.3) is 0 Å². The van der Waals surface area contributed by atoms with Gasteiger partial charge in [0, 0.05) is 19.3 Å². The van der Waals surface area contributed by atoms with Crippen molar-refractivity contribution in [1.29, 1.82) is 0 Å². The summed E-state index contributed by atoms with van der Waals surface area (Å²) in [7, 11) is 1.78. The highest BCUT2D eigenvalue weighted by atomic mass is 32.2. The molecule has 0 amide bonds. The molecule has 1 unspecified atom stereocenters. The number of aromatic nitrogens is 4. The van der Waals surface area contributed by atoms with Gasteiger partial charge in [-0.2, -0.15) is 0 Å². The van der Waals surface area contributed by atoms with E-state index in [9.17, 15) is 5.11 Å². The molecule has 0 saturated heterocycles. The summed E-state index contributed by atoms with van der Waals surface area (Å²) in [6, 6.07) is 0. The van der Waals surface area contributed by atoms with Gasteiger partial charge >= 0.3 is 0 Å². The Bertz CT molecular complexity index is 304. The summed E-state index contributed by atoms with van der Waals surface area (Å²) in [6.07, 6.45) is -0.375. The monoisotopic (exact) mass is 245 g/mol. The Morgan fingerprint density at radius 3 is 2.75 bits per heavy atom. The first kappa shape index (κ1) is 13.4. The zero-order valence-electron chi connectivity index (χ0n) is 9.92. The molecule has 0 saturated carbocycles. The van der Waals surface area contributed by atoms with Crippen molar-refractivity contribution < 1.29 is 5.11 Å². The first-order valence-corrected chi connectivity index (χ1v) is 6.32. The molecule has 1 atom stereocenters. The fourth-order valence-electron chi connectivity index (χ4n) is 1.11. The summed E-state index contributed by atoms with van der Waals surface area (Å²) in [5.41, 5.74) is 0. The second-order valence-corrected chi connectivity index (χ2v) is 5.09. The third-order valence-corrected chi connectivity index (χ3v) is 3.07. The van der Waals surface area contributed by atoms with E-state index in [4.69, 9.17) is 0 Å². The van der Waals surface area contributed by atoms with E-state index in [2.05, 4.69) is 34.7 Å². The van der Waals surface area contributed by atoms with Crippen molar-refractivity contribution in [2.45, 2.75) is 25.1 Å².